The third-order valence-electron chi connectivity index (χ3n) is 3.71. The van der Waals surface area contributed by atoms with Crippen LogP contribution in [0.5, 0.6) is 0 Å². The summed E-state index contributed by atoms with van der Waals surface area (Å²) in [5, 5.41) is 6.11. The number of hydrogen-bond donors (Lipinski definition) is 2. The van der Waals surface area contributed by atoms with Crippen molar-refractivity contribution >= 4 is 29.1 Å². The topological polar surface area (TPSA) is 74.3 Å². The molecule has 0 atom stereocenters. The molecule has 0 spiro atoms. The van der Waals surface area contributed by atoms with Gasteiger partial charge in [-0.25, -0.2) is 4.98 Å². The standard InChI is InChI=1S/C19H23ClN4O2/c1-13-8-9-14(12-15(13)20)22-19(26)17-7-4-6-16(23-17)18(25)21-10-5-11-24(2)3/h4,6-9,12H,5,10-11H2,1-3H3,(H,21,25)(H,22,26). The number of hydrogen-bond acceptors (Lipinski definition) is 4. The first kappa shape index (κ1) is 19.9. The molecule has 0 saturated heterocycles. The van der Waals surface area contributed by atoms with Gasteiger partial charge in [0.15, 0.2) is 0 Å². The molecule has 0 aliphatic heterocycles. The molecule has 0 radical (unpaired) electrons. The molecule has 2 aromatic rings. The Hall–Kier alpha value is -2.44. The molecule has 0 fully saturated rings. The lowest BCUT2D eigenvalue weighted by atomic mass is 10.2. The van der Waals surface area contributed by atoms with E-state index in [0.29, 0.717) is 17.3 Å². The molecule has 2 rings (SSSR count). The second-order valence-electron chi connectivity index (χ2n) is 6.24. The van der Waals surface area contributed by atoms with Gasteiger partial charge in [0.25, 0.3) is 11.8 Å². The van der Waals surface area contributed by atoms with Crippen molar-refractivity contribution in [2.75, 3.05) is 32.5 Å². The van der Waals surface area contributed by atoms with Crippen LogP contribution in [0.4, 0.5) is 5.69 Å². The predicted molar refractivity (Wildman–Crippen MR) is 104 cm³/mol. The lowest BCUT2D eigenvalue weighted by molar-refractivity contribution is 0.0947. The first-order valence-electron chi connectivity index (χ1n) is 8.34. The third kappa shape index (κ3) is 5.82. The van der Waals surface area contributed by atoms with Crippen molar-refractivity contribution in [1.29, 1.82) is 0 Å². The highest BCUT2D eigenvalue weighted by atomic mass is 35.5. The van der Waals surface area contributed by atoms with E-state index in [4.69, 9.17) is 11.6 Å². The first-order chi connectivity index (χ1) is 12.4. The van der Waals surface area contributed by atoms with Crippen LogP contribution in [0.3, 0.4) is 0 Å². The summed E-state index contributed by atoms with van der Waals surface area (Å²) in [6.07, 6.45) is 0.840. The molecule has 7 heteroatoms. The summed E-state index contributed by atoms with van der Waals surface area (Å²) in [5.41, 5.74) is 1.88. The van der Waals surface area contributed by atoms with Crippen LogP contribution in [-0.2, 0) is 0 Å². The monoisotopic (exact) mass is 374 g/mol. The van der Waals surface area contributed by atoms with Crippen LogP contribution >= 0.6 is 11.6 Å². The van der Waals surface area contributed by atoms with Crippen molar-refractivity contribution in [3.05, 3.63) is 58.4 Å². The number of benzene rings is 1. The zero-order chi connectivity index (χ0) is 19.1. The molecule has 2 N–H and O–H groups in total. The second-order valence-corrected chi connectivity index (χ2v) is 6.65. The molecule has 26 heavy (non-hydrogen) atoms. The minimum atomic E-state index is -0.396. The number of nitrogens with zero attached hydrogens (tertiary/aromatic N) is 2. The van der Waals surface area contributed by atoms with Gasteiger partial charge in [0.05, 0.1) is 0 Å². The van der Waals surface area contributed by atoms with Crippen molar-refractivity contribution in [3.8, 4) is 0 Å². The summed E-state index contributed by atoms with van der Waals surface area (Å²) in [6.45, 7) is 3.32. The fourth-order valence-electron chi connectivity index (χ4n) is 2.24. The summed E-state index contributed by atoms with van der Waals surface area (Å²) in [7, 11) is 3.96. The van der Waals surface area contributed by atoms with Gasteiger partial charge in [-0.15, -0.1) is 0 Å². The zero-order valence-electron chi connectivity index (χ0n) is 15.2. The zero-order valence-corrected chi connectivity index (χ0v) is 15.9. The van der Waals surface area contributed by atoms with E-state index < -0.39 is 5.91 Å². The number of halogens is 1. The number of carbonyl (C=O) groups is 2. The Morgan fingerprint density at radius 1 is 1.12 bits per heavy atom. The Kier molecular flexibility index (Phi) is 7.12. The Bertz CT molecular complexity index is 793. The maximum atomic E-state index is 12.4. The van der Waals surface area contributed by atoms with E-state index in [1.54, 1.807) is 30.3 Å². The molecule has 0 bridgehead atoms. The van der Waals surface area contributed by atoms with E-state index in [1.165, 1.54) is 0 Å². The van der Waals surface area contributed by atoms with Crippen LogP contribution in [0.1, 0.15) is 33.0 Å². The Balaban J connectivity index is 1.99. The molecule has 0 aliphatic rings. The van der Waals surface area contributed by atoms with Crippen LogP contribution in [-0.4, -0.2) is 48.9 Å². The minimum Gasteiger partial charge on any atom is -0.351 e. The quantitative estimate of drug-likeness (QED) is 0.731. The summed E-state index contributed by atoms with van der Waals surface area (Å²) in [5.74, 6) is -0.691. The van der Waals surface area contributed by atoms with Gasteiger partial charge in [0.1, 0.15) is 11.4 Å². The Labute approximate surface area is 158 Å². The number of aryl methyl sites for hydroxylation is 1. The van der Waals surface area contributed by atoms with Gasteiger partial charge in [0.2, 0.25) is 0 Å². The van der Waals surface area contributed by atoms with E-state index in [1.807, 2.05) is 32.0 Å². The molecule has 6 nitrogen and oxygen atoms in total. The molecule has 0 unspecified atom stereocenters. The fourth-order valence-corrected chi connectivity index (χ4v) is 2.42. The summed E-state index contributed by atoms with van der Waals surface area (Å²) in [6, 6.07) is 10.0. The summed E-state index contributed by atoms with van der Waals surface area (Å²) < 4.78 is 0. The van der Waals surface area contributed by atoms with Crippen molar-refractivity contribution in [1.82, 2.24) is 15.2 Å². The number of nitrogens with one attached hydrogen (secondary N) is 2. The van der Waals surface area contributed by atoms with Crippen LogP contribution in [0.2, 0.25) is 5.02 Å². The first-order valence-corrected chi connectivity index (χ1v) is 8.72. The number of carbonyl (C=O) groups excluding carboxylic acids is 2. The van der Waals surface area contributed by atoms with Gasteiger partial charge < -0.3 is 15.5 Å². The maximum Gasteiger partial charge on any atom is 0.274 e. The molecule has 1 heterocycles. The molecule has 0 saturated carbocycles. The molecular formula is C19H23ClN4O2. The van der Waals surface area contributed by atoms with Gasteiger partial charge in [-0.1, -0.05) is 23.7 Å². The smallest absolute Gasteiger partial charge is 0.274 e. The van der Waals surface area contributed by atoms with Crippen LogP contribution < -0.4 is 10.6 Å². The summed E-state index contributed by atoms with van der Waals surface area (Å²) in [4.78, 5) is 30.7. The largest absolute Gasteiger partial charge is 0.351 e. The lowest BCUT2D eigenvalue weighted by Crippen LogP contribution is -2.28. The Morgan fingerprint density at radius 2 is 1.81 bits per heavy atom. The maximum absolute atomic E-state index is 12.4. The molecule has 2 amide bonds. The highest BCUT2D eigenvalue weighted by Crippen LogP contribution is 2.20. The van der Waals surface area contributed by atoms with Gasteiger partial charge in [-0.2, -0.15) is 0 Å². The van der Waals surface area contributed by atoms with E-state index in [0.717, 1.165) is 18.5 Å². The number of aromatic nitrogens is 1. The molecule has 0 aliphatic carbocycles. The molecule has 1 aromatic heterocycles. The second kappa shape index (κ2) is 9.31. The number of amides is 2. The highest BCUT2D eigenvalue weighted by Gasteiger charge is 2.13. The highest BCUT2D eigenvalue weighted by molar-refractivity contribution is 6.31. The average molecular weight is 375 g/mol. The van der Waals surface area contributed by atoms with Gasteiger partial charge in [-0.3, -0.25) is 9.59 Å². The minimum absolute atomic E-state index is 0.169. The van der Waals surface area contributed by atoms with Gasteiger partial charge in [-0.05, 0) is 63.8 Å². The van der Waals surface area contributed by atoms with E-state index in [-0.39, 0.29) is 17.3 Å². The van der Waals surface area contributed by atoms with Crippen molar-refractivity contribution in [2.24, 2.45) is 0 Å². The van der Waals surface area contributed by atoms with Crippen molar-refractivity contribution in [2.45, 2.75) is 13.3 Å². The van der Waals surface area contributed by atoms with E-state index >= 15 is 0 Å². The third-order valence-corrected chi connectivity index (χ3v) is 4.12. The van der Waals surface area contributed by atoms with Gasteiger partial charge >= 0.3 is 0 Å². The number of rotatable bonds is 7. The Morgan fingerprint density at radius 3 is 2.46 bits per heavy atom. The van der Waals surface area contributed by atoms with E-state index in [9.17, 15) is 9.59 Å². The van der Waals surface area contributed by atoms with Gasteiger partial charge in [0, 0.05) is 17.3 Å². The molecule has 1 aromatic carbocycles. The number of anilines is 1. The van der Waals surface area contributed by atoms with Crippen molar-refractivity contribution in [3.63, 3.8) is 0 Å². The molecular weight excluding hydrogens is 352 g/mol. The van der Waals surface area contributed by atoms with E-state index in [2.05, 4.69) is 15.6 Å². The van der Waals surface area contributed by atoms with Crippen molar-refractivity contribution < 1.29 is 9.59 Å². The lowest BCUT2D eigenvalue weighted by Gasteiger charge is -2.10. The predicted octanol–water partition coefficient (Wildman–Crippen LogP) is 2.98. The SMILES string of the molecule is Cc1ccc(NC(=O)c2cccc(C(=O)NCCCN(C)C)n2)cc1Cl. The molecule has 138 valence electrons. The van der Waals surface area contributed by atoms with Crippen LogP contribution in [0.15, 0.2) is 36.4 Å². The fraction of sp³-hybridized carbons (Fsp3) is 0.316. The normalized spacial score (nSPS) is 10.7. The average Bonchev–Trinajstić information content (AvgIpc) is 2.61. The van der Waals surface area contributed by atoms with Crippen LogP contribution in [0.25, 0.3) is 0 Å². The van der Waals surface area contributed by atoms with Crippen LogP contribution in [0, 0.1) is 6.92 Å². The number of pyridine rings is 1. The summed E-state index contributed by atoms with van der Waals surface area (Å²) >= 11 is 6.07.